The summed E-state index contributed by atoms with van der Waals surface area (Å²) in [4.78, 5) is 37.9. The standard InChI is InChI=1S/C53H102O6/c1-6-7-8-9-10-11-12-18-24-30-35-40-45-53(56)59-50(47-58-52(55)44-39-34-29-25-20-22-27-32-37-42-49(4)5)46-57-51(54)43-38-33-28-23-19-16-14-13-15-17-21-26-31-36-41-48(2)3/h48-50H,6-47H2,1-5H3/t50-/m1/s1. The van der Waals surface area contributed by atoms with Gasteiger partial charge < -0.3 is 14.2 Å². The van der Waals surface area contributed by atoms with E-state index in [-0.39, 0.29) is 31.1 Å². The first-order valence-corrected chi connectivity index (χ1v) is 26.2. The van der Waals surface area contributed by atoms with Crippen molar-refractivity contribution in [2.24, 2.45) is 11.8 Å². The van der Waals surface area contributed by atoms with Crippen LogP contribution >= 0.6 is 0 Å². The number of hydrogen-bond acceptors (Lipinski definition) is 6. The third-order valence-electron chi connectivity index (χ3n) is 12.0. The fourth-order valence-electron chi connectivity index (χ4n) is 7.99. The number of ether oxygens (including phenoxy) is 3. The maximum absolute atomic E-state index is 12.8. The van der Waals surface area contributed by atoms with Crippen LogP contribution in [0.5, 0.6) is 0 Å². The number of unbranched alkanes of at least 4 members (excludes halogenated alkanes) is 32. The SMILES string of the molecule is CCCCCCCCCCCCCCC(=O)O[C@H](COC(=O)CCCCCCCCCCCCCCCCC(C)C)COC(=O)CCCCCCCCCCCC(C)C. The zero-order valence-corrected chi connectivity index (χ0v) is 40.4. The predicted molar refractivity (Wildman–Crippen MR) is 252 cm³/mol. The Hall–Kier alpha value is -1.59. The van der Waals surface area contributed by atoms with Gasteiger partial charge in [-0.25, -0.2) is 0 Å². The lowest BCUT2D eigenvalue weighted by molar-refractivity contribution is -0.167. The van der Waals surface area contributed by atoms with E-state index in [1.807, 2.05) is 0 Å². The van der Waals surface area contributed by atoms with Crippen molar-refractivity contribution in [2.45, 2.75) is 298 Å². The Balaban J connectivity index is 4.28. The van der Waals surface area contributed by atoms with Gasteiger partial charge in [0.15, 0.2) is 6.10 Å². The van der Waals surface area contributed by atoms with Crippen molar-refractivity contribution in [2.75, 3.05) is 13.2 Å². The lowest BCUT2D eigenvalue weighted by Gasteiger charge is -2.18. The number of carbonyl (C=O) groups is 3. The van der Waals surface area contributed by atoms with Crippen LogP contribution in [-0.4, -0.2) is 37.2 Å². The van der Waals surface area contributed by atoms with Gasteiger partial charge in [0.05, 0.1) is 0 Å². The van der Waals surface area contributed by atoms with Gasteiger partial charge >= 0.3 is 17.9 Å². The molecule has 0 unspecified atom stereocenters. The molecular weight excluding hydrogens is 733 g/mol. The number of carbonyl (C=O) groups excluding carboxylic acids is 3. The summed E-state index contributed by atoms with van der Waals surface area (Å²) in [6, 6.07) is 0. The third-order valence-corrected chi connectivity index (χ3v) is 12.0. The largest absolute Gasteiger partial charge is 0.462 e. The van der Waals surface area contributed by atoms with E-state index in [1.165, 1.54) is 180 Å². The molecule has 0 aromatic heterocycles. The molecule has 350 valence electrons. The molecule has 0 saturated heterocycles. The van der Waals surface area contributed by atoms with Gasteiger partial charge in [0.1, 0.15) is 13.2 Å². The Morgan fingerprint density at radius 2 is 0.559 bits per heavy atom. The first-order chi connectivity index (χ1) is 28.7. The normalized spacial score (nSPS) is 12.1. The molecule has 59 heavy (non-hydrogen) atoms. The average molecular weight is 835 g/mol. The van der Waals surface area contributed by atoms with E-state index in [4.69, 9.17) is 14.2 Å². The lowest BCUT2D eigenvalue weighted by Crippen LogP contribution is -2.30. The van der Waals surface area contributed by atoms with Crippen molar-refractivity contribution in [3.63, 3.8) is 0 Å². The first-order valence-electron chi connectivity index (χ1n) is 26.2. The Morgan fingerprint density at radius 1 is 0.322 bits per heavy atom. The molecule has 0 bridgehead atoms. The number of hydrogen-bond donors (Lipinski definition) is 0. The molecule has 1 atom stereocenters. The Bertz CT molecular complexity index is 900. The van der Waals surface area contributed by atoms with Crippen LogP contribution in [0.2, 0.25) is 0 Å². The highest BCUT2D eigenvalue weighted by Crippen LogP contribution is 2.17. The molecule has 0 spiro atoms. The lowest BCUT2D eigenvalue weighted by atomic mass is 10.0. The molecule has 0 aliphatic carbocycles. The fourth-order valence-corrected chi connectivity index (χ4v) is 7.99. The molecule has 0 saturated carbocycles. The van der Waals surface area contributed by atoms with Crippen LogP contribution in [0.4, 0.5) is 0 Å². The van der Waals surface area contributed by atoms with Gasteiger partial charge in [-0.3, -0.25) is 14.4 Å². The van der Waals surface area contributed by atoms with E-state index in [9.17, 15) is 14.4 Å². The molecule has 0 fully saturated rings. The average Bonchev–Trinajstić information content (AvgIpc) is 3.20. The summed E-state index contributed by atoms with van der Waals surface area (Å²) in [6.45, 7) is 11.4. The van der Waals surface area contributed by atoms with E-state index in [0.717, 1.165) is 69.6 Å². The maximum atomic E-state index is 12.8. The molecule has 0 aromatic rings. The van der Waals surface area contributed by atoms with Crippen LogP contribution in [0.3, 0.4) is 0 Å². The molecule has 0 amide bonds. The number of rotatable bonds is 47. The highest BCUT2D eigenvalue weighted by Gasteiger charge is 2.19. The monoisotopic (exact) mass is 835 g/mol. The molecule has 6 nitrogen and oxygen atoms in total. The summed E-state index contributed by atoms with van der Waals surface area (Å²) in [5.41, 5.74) is 0. The molecule has 0 aliphatic heterocycles. The van der Waals surface area contributed by atoms with Crippen molar-refractivity contribution in [3.05, 3.63) is 0 Å². The summed E-state index contributed by atoms with van der Waals surface area (Å²) < 4.78 is 16.8. The van der Waals surface area contributed by atoms with Crippen molar-refractivity contribution < 1.29 is 28.6 Å². The van der Waals surface area contributed by atoms with Crippen LogP contribution < -0.4 is 0 Å². The Labute approximate surface area is 368 Å². The van der Waals surface area contributed by atoms with Gasteiger partial charge in [-0.2, -0.15) is 0 Å². The van der Waals surface area contributed by atoms with E-state index >= 15 is 0 Å². The molecule has 0 heterocycles. The zero-order chi connectivity index (χ0) is 43.3. The summed E-state index contributed by atoms with van der Waals surface area (Å²) in [6.07, 6.45) is 46.6. The quantitative estimate of drug-likeness (QED) is 0.0345. The summed E-state index contributed by atoms with van der Waals surface area (Å²) >= 11 is 0. The van der Waals surface area contributed by atoms with Crippen LogP contribution in [0.25, 0.3) is 0 Å². The van der Waals surface area contributed by atoms with Crippen LogP contribution in [0.15, 0.2) is 0 Å². The van der Waals surface area contributed by atoms with Gasteiger partial charge in [-0.05, 0) is 31.1 Å². The molecular formula is C53H102O6. The highest BCUT2D eigenvalue weighted by atomic mass is 16.6. The predicted octanol–water partition coefficient (Wildman–Crippen LogP) is 16.9. The fraction of sp³-hybridized carbons (Fsp3) is 0.943. The van der Waals surface area contributed by atoms with Crippen molar-refractivity contribution in [1.29, 1.82) is 0 Å². The zero-order valence-electron chi connectivity index (χ0n) is 40.4. The smallest absolute Gasteiger partial charge is 0.306 e. The van der Waals surface area contributed by atoms with E-state index in [2.05, 4.69) is 34.6 Å². The van der Waals surface area contributed by atoms with Crippen molar-refractivity contribution in [1.82, 2.24) is 0 Å². The van der Waals surface area contributed by atoms with Crippen molar-refractivity contribution >= 4 is 17.9 Å². The van der Waals surface area contributed by atoms with Gasteiger partial charge in [0.25, 0.3) is 0 Å². The maximum Gasteiger partial charge on any atom is 0.306 e. The van der Waals surface area contributed by atoms with Gasteiger partial charge in [-0.1, -0.05) is 253 Å². The topological polar surface area (TPSA) is 78.9 Å². The highest BCUT2D eigenvalue weighted by molar-refractivity contribution is 5.71. The van der Waals surface area contributed by atoms with Crippen LogP contribution in [-0.2, 0) is 28.6 Å². The molecule has 0 radical (unpaired) electrons. The van der Waals surface area contributed by atoms with Crippen LogP contribution in [0.1, 0.15) is 291 Å². The summed E-state index contributed by atoms with van der Waals surface area (Å²) in [5.74, 6) is 0.806. The molecule has 0 rings (SSSR count). The Morgan fingerprint density at radius 3 is 0.831 bits per heavy atom. The van der Waals surface area contributed by atoms with Crippen LogP contribution in [0, 0.1) is 11.8 Å². The minimum absolute atomic E-state index is 0.0636. The molecule has 0 N–H and O–H groups in total. The Kier molecular flexibility index (Phi) is 44.7. The van der Waals surface area contributed by atoms with E-state index < -0.39 is 6.10 Å². The minimum Gasteiger partial charge on any atom is -0.462 e. The molecule has 0 aliphatic rings. The summed E-state index contributed by atoms with van der Waals surface area (Å²) in [5, 5.41) is 0. The van der Waals surface area contributed by atoms with E-state index in [1.54, 1.807) is 0 Å². The molecule has 0 aromatic carbocycles. The second-order valence-corrected chi connectivity index (χ2v) is 19.1. The first kappa shape index (κ1) is 57.4. The van der Waals surface area contributed by atoms with Crippen molar-refractivity contribution in [3.8, 4) is 0 Å². The van der Waals surface area contributed by atoms with Gasteiger partial charge in [0, 0.05) is 19.3 Å². The van der Waals surface area contributed by atoms with E-state index in [0.29, 0.717) is 19.3 Å². The van der Waals surface area contributed by atoms with Gasteiger partial charge in [-0.15, -0.1) is 0 Å². The number of esters is 3. The molecule has 6 heteroatoms. The minimum atomic E-state index is -0.761. The second kappa shape index (κ2) is 45.9. The summed E-state index contributed by atoms with van der Waals surface area (Å²) in [7, 11) is 0. The van der Waals surface area contributed by atoms with Gasteiger partial charge in [0.2, 0.25) is 0 Å². The second-order valence-electron chi connectivity index (χ2n) is 19.1. The third kappa shape index (κ3) is 47.3.